The van der Waals surface area contributed by atoms with Gasteiger partial charge in [0.25, 0.3) is 0 Å². The Hall–Kier alpha value is -4.81. The Morgan fingerprint density at radius 2 is 1.60 bits per heavy atom. The van der Waals surface area contributed by atoms with Crippen molar-refractivity contribution >= 4 is 16.0 Å². The molecule has 0 radical (unpaired) electrons. The van der Waals surface area contributed by atoms with E-state index in [1.807, 2.05) is 6.07 Å². The quantitative estimate of drug-likeness (QED) is 0.281. The molecule has 0 aliphatic heterocycles. The number of sulfonamides is 1. The van der Waals surface area contributed by atoms with Crippen LogP contribution in [0.15, 0.2) is 48.8 Å². The lowest BCUT2D eigenvalue weighted by Crippen LogP contribution is -2.33. The molecular formula is C25H26N8O6S. The number of nitriles is 1. The van der Waals surface area contributed by atoms with Crippen LogP contribution in [0.1, 0.15) is 24.4 Å². The highest BCUT2D eigenvalue weighted by Crippen LogP contribution is 2.38. The van der Waals surface area contributed by atoms with E-state index in [9.17, 15) is 8.42 Å². The average Bonchev–Trinajstić information content (AvgIpc) is 3.39. The molecule has 14 nitrogen and oxygen atoms in total. The average molecular weight is 567 g/mol. The van der Waals surface area contributed by atoms with E-state index in [-0.39, 0.29) is 23.2 Å². The van der Waals surface area contributed by atoms with Crippen LogP contribution in [-0.2, 0) is 14.8 Å². The number of pyridine rings is 1. The number of methoxy groups -OCH3 is 4. The van der Waals surface area contributed by atoms with Gasteiger partial charge in [0.2, 0.25) is 21.9 Å². The summed E-state index contributed by atoms with van der Waals surface area (Å²) in [6.45, 7) is 1.44. The van der Waals surface area contributed by atoms with Crippen LogP contribution in [0.2, 0.25) is 0 Å². The fraction of sp³-hybridized carbons (Fsp3) is 0.280. The molecule has 208 valence electrons. The first-order chi connectivity index (χ1) is 19.3. The Bertz CT molecular complexity index is 1610. The second-order valence-electron chi connectivity index (χ2n) is 8.21. The van der Waals surface area contributed by atoms with Gasteiger partial charge in [0.05, 0.1) is 26.9 Å². The Labute approximate surface area is 230 Å². The van der Waals surface area contributed by atoms with E-state index in [0.717, 1.165) is 0 Å². The van der Waals surface area contributed by atoms with Crippen LogP contribution >= 0.6 is 0 Å². The summed E-state index contributed by atoms with van der Waals surface area (Å²) in [5, 5.41) is 16.2. The highest BCUT2D eigenvalue weighted by molar-refractivity contribution is 7.93. The van der Waals surface area contributed by atoms with E-state index in [2.05, 4.69) is 29.9 Å². The predicted molar refractivity (Wildman–Crippen MR) is 143 cm³/mol. The van der Waals surface area contributed by atoms with Crippen LogP contribution in [0.4, 0.5) is 5.95 Å². The minimum atomic E-state index is -4.21. The van der Waals surface area contributed by atoms with Gasteiger partial charge in [0.1, 0.15) is 40.3 Å². The van der Waals surface area contributed by atoms with Gasteiger partial charge < -0.3 is 18.9 Å². The number of rotatable bonds is 11. The summed E-state index contributed by atoms with van der Waals surface area (Å²) >= 11 is 0. The predicted octanol–water partition coefficient (Wildman–Crippen LogP) is 2.53. The van der Waals surface area contributed by atoms with Gasteiger partial charge in [-0.2, -0.15) is 5.26 Å². The fourth-order valence-electron chi connectivity index (χ4n) is 3.87. The molecule has 2 atom stereocenters. The van der Waals surface area contributed by atoms with E-state index in [1.54, 1.807) is 36.4 Å². The maximum Gasteiger partial charge on any atom is 0.243 e. The summed E-state index contributed by atoms with van der Waals surface area (Å²) in [6.07, 6.45) is 1.51. The minimum absolute atomic E-state index is 0.0912. The molecule has 3 aromatic heterocycles. The lowest BCUT2D eigenvalue weighted by atomic mass is 10.2. The molecule has 1 aromatic carbocycles. The lowest BCUT2D eigenvalue weighted by Gasteiger charge is -2.22. The third-order valence-corrected chi connectivity index (χ3v) is 7.60. The van der Waals surface area contributed by atoms with E-state index in [0.29, 0.717) is 28.8 Å². The molecule has 0 aliphatic rings. The second-order valence-corrected chi connectivity index (χ2v) is 10.2. The van der Waals surface area contributed by atoms with Gasteiger partial charge in [-0.05, 0) is 25.1 Å². The number of para-hydroxylation sites is 1. The maximum atomic E-state index is 13.7. The summed E-state index contributed by atoms with van der Waals surface area (Å²) < 4.78 is 53.1. The number of nitrogens with zero attached hydrogens (tertiary/aromatic N) is 7. The van der Waals surface area contributed by atoms with Gasteiger partial charge in [0.15, 0.2) is 11.6 Å². The molecule has 15 heteroatoms. The molecule has 0 aliphatic carbocycles. The van der Waals surface area contributed by atoms with E-state index >= 15 is 0 Å². The van der Waals surface area contributed by atoms with Crippen molar-refractivity contribution < 1.29 is 27.4 Å². The zero-order valence-corrected chi connectivity index (χ0v) is 23.1. The Kier molecular flexibility index (Phi) is 8.41. The molecule has 3 heterocycles. The number of nitrogens with one attached hydrogen (secondary N) is 1. The van der Waals surface area contributed by atoms with Crippen LogP contribution in [0.5, 0.6) is 17.4 Å². The highest BCUT2D eigenvalue weighted by atomic mass is 32.2. The molecule has 4 aromatic rings. The van der Waals surface area contributed by atoms with Gasteiger partial charge in [-0.25, -0.2) is 23.4 Å². The molecule has 4 rings (SSSR count). The molecule has 0 spiro atoms. The Balaban J connectivity index is 1.84. The summed E-state index contributed by atoms with van der Waals surface area (Å²) in [5.41, 5.74) is 0.907. The van der Waals surface area contributed by atoms with Crippen LogP contribution in [0.3, 0.4) is 0 Å². The van der Waals surface area contributed by atoms with Crippen LogP contribution in [-0.4, -0.2) is 71.8 Å². The standard InChI is InChI=1S/C25H26N8O6S/c1-15(22(39-5)23-27-13-16(12-26)14-28-23)40(34,35)32-25-31-30-24(17-8-6-11-20(29-17)38-4)33(25)21-18(36-2)9-7-10-19(21)37-3/h6-11,13-15,22H,1-5H3,(H,31,32)/t15-,22+/m0/s1. The molecule has 0 amide bonds. The van der Waals surface area contributed by atoms with Crippen molar-refractivity contribution in [2.24, 2.45) is 0 Å². The fourth-order valence-corrected chi connectivity index (χ4v) is 5.00. The number of hydrogen-bond acceptors (Lipinski definition) is 12. The molecule has 0 bridgehead atoms. The SMILES string of the molecule is COc1cccc(-c2nnc(NS(=O)(=O)[C@@H](C)[C@@H](OC)c3ncc(C#N)cn3)n2-c2c(OC)cccc2OC)n1. The summed E-state index contributed by atoms with van der Waals surface area (Å²) in [7, 11) is 1.55. The zero-order chi connectivity index (χ0) is 28.9. The van der Waals surface area contributed by atoms with Gasteiger partial charge in [0, 0.05) is 25.6 Å². The first-order valence-corrected chi connectivity index (χ1v) is 13.3. The van der Waals surface area contributed by atoms with Gasteiger partial charge in [-0.15, -0.1) is 10.2 Å². The summed E-state index contributed by atoms with van der Waals surface area (Å²) in [6, 6.07) is 12.1. The molecule has 40 heavy (non-hydrogen) atoms. The molecular weight excluding hydrogens is 540 g/mol. The van der Waals surface area contributed by atoms with Gasteiger partial charge in [-0.1, -0.05) is 12.1 Å². The Morgan fingerprint density at radius 3 is 2.17 bits per heavy atom. The van der Waals surface area contributed by atoms with Crippen molar-refractivity contribution in [1.82, 2.24) is 29.7 Å². The van der Waals surface area contributed by atoms with Gasteiger partial charge in [-0.3, -0.25) is 9.29 Å². The van der Waals surface area contributed by atoms with E-state index in [1.165, 1.54) is 52.3 Å². The minimum Gasteiger partial charge on any atom is -0.494 e. The van der Waals surface area contributed by atoms with Crippen molar-refractivity contribution in [1.29, 1.82) is 5.26 Å². The molecule has 0 fully saturated rings. The zero-order valence-electron chi connectivity index (χ0n) is 22.3. The highest BCUT2D eigenvalue weighted by Gasteiger charge is 2.35. The largest absolute Gasteiger partial charge is 0.494 e. The number of anilines is 1. The maximum absolute atomic E-state index is 13.7. The van der Waals surface area contributed by atoms with Crippen LogP contribution in [0, 0.1) is 11.3 Å². The summed E-state index contributed by atoms with van der Waals surface area (Å²) in [5.74, 6) is 1.15. The molecule has 0 saturated heterocycles. The number of ether oxygens (including phenoxy) is 4. The summed E-state index contributed by atoms with van der Waals surface area (Å²) in [4.78, 5) is 12.6. The molecule has 1 N–H and O–H groups in total. The smallest absolute Gasteiger partial charge is 0.243 e. The van der Waals surface area contributed by atoms with Crippen molar-refractivity contribution in [2.45, 2.75) is 18.3 Å². The van der Waals surface area contributed by atoms with Crippen LogP contribution < -0.4 is 18.9 Å². The number of benzene rings is 1. The number of aromatic nitrogens is 6. The van der Waals surface area contributed by atoms with Crippen molar-refractivity contribution in [2.75, 3.05) is 33.2 Å². The monoisotopic (exact) mass is 566 g/mol. The first kappa shape index (κ1) is 28.2. The third kappa shape index (κ3) is 5.48. The number of hydrogen-bond donors (Lipinski definition) is 1. The van der Waals surface area contributed by atoms with E-state index < -0.39 is 21.4 Å². The van der Waals surface area contributed by atoms with Crippen molar-refractivity contribution in [3.05, 3.63) is 60.2 Å². The second kappa shape index (κ2) is 11.9. The lowest BCUT2D eigenvalue weighted by molar-refractivity contribution is 0.0950. The van der Waals surface area contributed by atoms with Crippen molar-refractivity contribution in [3.63, 3.8) is 0 Å². The van der Waals surface area contributed by atoms with Gasteiger partial charge >= 0.3 is 0 Å². The van der Waals surface area contributed by atoms with Crippen molar-refractivity contribution in [3.8, 4) is 40.7 Å². The molecule has 0 unspecified atom stereocenters. The first-order valence-electron chi connectivity index (χ1n) is 11.7. The topological polar surface area (TPSA) is 176 Å². The third-order valence-electron chi connectivity index (χ3n) is 5.91. The Morgan fingerprint density at radius 1 is 0.950 bits per heavy atom. The normalized spacial score (nSPS) is 12.7. The van der Waals surface area contributed by atoms with E-state index in [4.69, 9.17) is 24.2 Å². The molecule has 0 saturated carbocycles. The van der Waals surface area contributed by atoms with Crippen LogP contribution in [0.25, 0.3) is 17.2 Å².